The molecule has 1 unspecified atom stereocenters. The van der Waals surface area contributed by atoms with Crippen LogP contribution >= 0.6 is 15.9 Å². The third-order valence-corrected chi connectivity index (χ3v) is 3.65. The molecule has 0 radical (unpaired) electrons. The Hall–Kier alpha value is -0.600. The van der Waals surface area contributed by atoms with Crippen molar-refractivity contribution in [2.45, 2.75) is 32.7 Å². The van der Waals surface area contributed by atoms with Crippen LogP contribution in [0, 0.1) is 6.92 Å². The summed E-state index contributed by atoms with van der Waals surface area (Å²) in [4.78, 5) is 0. The van der Waals surface area contributed by atoms with Crippen LogP contribution in [0.3, 0.4) is 0 Å². The van der Waals surface area contributed by atoms with Gasteiger partial charge in [-0.15, -0.1) is 6.58 Å². The molecule has 2 heteroatoms. The first kappa shape index (κ1) is 13.5. The van der Waals surface area contributed by atoms with Crippen LogP contribution < -0.4 is 5.32 Å². The van der Waals surface area contributed by atoms with Gasteiger partial charge in [-0.3, -0.25) is 0 Å². The molecule has 0 saturated heterocycles. The summed E-state index contributed by atoms with van der Waals surface area (Å²) in [5, 5.41) is 3.53. The van der Waals surface area contributed by atoms with Gasteiger partial charge in [0.25, 0.3) is 0 Å². The number of hydrogen-bond donors (Lipinski definition) is 1. The highest BCUT2D eigenvalue weighted by Crippen LogP contribution is 2.27. The van der Waals surface area contributed by atoms with Gasteiger partial charge in [0.05, 0.1) is 0 Å². The maximum absolute atomic E-state index is 3.79. The van der Waals surface area contributed by atoms with Crippen LogP contribution in [-0.4, -0.2) is 6.54 Å². The average molecular weight is 282 g/mol. The average Bonchev–Trinajstić information content (AvgIpc) is 2.28. The topological polar surface area (TPSA) is 12.0 Å². The molecule has 88 valence electrons. The first-order valence-electron chi connectivity index (χ1n) is 5.80. The van der Waals surface area contributed by atoms with E-state index in [0.29, 0.717) is 6.04 Å². The van der Waals surface area contributed by atoms with Crippen molar-refractivity contribution in [2.75, 3.05) is 6.54 Å². The zero-order chi connectivity index (χ0) is 12.0. The molecule has 1 nitrogen and oxygen atoms in total. The van der Waals surface area contributed by atoms with Crippen LogP contribution in [0.4, 0.5) is 0 Å². The van der Waals surface area contributed by atoms with Crippen molar-refractivity contribution < 1.29 is 0 Å². The van der Waals surface area contributed by atoms with E-state index in [1.54, 1.807) is 0 Å². The molecular formula is C14H20BrN. The number of rotatable bonds is 6. The van der Waals surface area contributed by atoms with Gasteiger partial charge < -0.3 is 5.32 Å². The van der Waals surface area contributed by atoms with Crippen molar-refractivity contribution in [2.24, 2.45) is 0 Å². The maximum Gasteiger partial charge on any atom is 0.0326 e. The van der Waals surface area contributed by atoms with Gasteiger partial charge in [-0.05, 0) is 43.5 Å². The van der Waals surface area contributed by atoms with E-state index in [4.69, 9.17) is 0 Å². The minimum Gasteiger partial charge on any atom is -0.310 e. The van der Waals surface area contributed by atoms with Crippen molar-refractivity contribution in [3.63, 3.8) is 0 Å². The Morgan fingerprint density at radius 1 is 1.50 bits per heavy atom. The van der Waals surface area contributed by atoms with E-state index in [0.717, 1.165) is 19.4 Å². The molecular weight excluding hydrogens is 262 g/mol. The molecule has 1 N–H and O–H groups in total. The molecule has 1 aromatic rings. The Morgan fingerprint density at radius 3 is 2.88 bits per heavy atom. The fraction of sp³-hybridized carbons (Fsp3) is 0.429. The van der Waals surface area contributed by atoms with E-state index in [-0.39, 0.29) is 0 Å². The second kappa shape index (κ2) is 6.87. The van der Waals surface area contributed by atoms with Crippen molar-refractivity contribution in [1.29, 1.82) is 0 Å². The second-order valence-corrected chi connectivity index (χ2v) is 4.78. The summed E-state index contributed by atoms with van der Waals surface area (Å²) in [7, 11) is 0. The lowest BCUT2D eigenvalue weighted by molar-refractivity contribution is 0.517. The maximum atomic E-state index is 3.79. The van der Waals surface area contributed by atoms with Gasteiger partial charge >= 0.3 is 0 Å². The van der Waals surface area contributed by atoms with Gasteiger partial charge in [0.2, 0.25) is 0 Å². The summed E-state index contributed by atoms with van der Waals surface area (Å²) in [6.45, 7) is 9.09. The van der Waals surface area contributed by atoms with Gasteiger partial charge in [0.1, 0.15) is 0 Å². The summed E-state index contributed by atoms with van der Waals surface area (Å²) in [6.07, 6.45) is 4.13. The highest BCUT2D eigenvalue weighted by Gasteiger charge is 2.12. The number of nitrogens with one attached hydrogen (secondary N) is 1. The predicted octanol–water partition coefficient (Wildman–Crippen LogP) is 4.37. The largest absolute Gasteiger partial charge is 0.310 e. The van der Waals surface area contributed by atoms with E-state index >= 15 is 0 Å². The lowest BCUT2D eigenvalue weighted by atomic mass is 9.97. The number of halogens is 1. The highest BCUT2D eigenvalue weighted by molar-refractivity contribution is 9.10. The van der Waals surface area contributed by atoms with E-state index in [9.17, 15) is 0 Å². The molecule has 1 aromatic carbocycles. The molecule has 1 rings (SSSR count). The second-order valence-electron chi connectivity index (χ2n) is 3.93. The lowest BCUT2D eigenvalue weighted by Crippen LogP contribution is -2.21. The van der Waals surface area contributed by atoms with Gasteiger partial charge in [-0.25, -0.2) is 0 Å². The summed E-state index contributed by atoms with van der Waals surface area (Å²) >= 11 is 3.59. The fourth-order valence-electron chi connectivity index (χ4n) is 1.90. The van der Waals surface area contributed by atoms with Crippen LogP contribution in [0.2, 0.25) is 0 Å². The first-order valence-corrected chi connectivity index (χ1v) is 6.59. The Balaban J connectivity index is 2.90. The normalized spacial score (nSPS) is 12.4. The molecule has 0 fully saturated rings. The molecule has 0 spiro atoms. The summed E-state index contributed by atoms with van der Waals surface area (Å²) < 4.78 is 1.19. The van der Waals surface area contributed by atoms with Gasteiger partial charge in [-0.1, -0.05) is 41.1 Å². The van der Waals surface area contributed by atoms with Crippen LogP contribution in [0.25, 0.3) is 0 Å². The Morgan fingerprint density at radius 2 is 2.25 bits per heavy atom. The van der Waals surface area contributed by atoms with E-state index < -0.39 is 0 Å². The Labute approximate surface area is 107 Å². The van der Waals surface area contributed by atoms with Gasteiger partial charge in [0.15, 0.2) is 0 Å². The molecule has 0 heterocycles. The smallest absolute Gasteiger partial charge is 0.0326 e. The SMILES string of the molecule is C=CCCC(NCC)c1cccc(Br)c1C. The lowest BCUT2D eigenvalue weighted by Gasteiger charge is -2.20. The van der Waals surface area contributed by atoms with Gasteiger partial charge in [-0.2, -0.15) is 0 Å². The molecule has 0 aliphatic carbocycles. The molecule has 1 atom stereocenters. The highest BCUT2D eigenvalue weighted by atomic mass is 79.9. The van der Waals surface area contributed by atoms with Crippen LogP contribution in [-0.2, 0) is 0 Å². The Bertz CT molecular complexity index is 347. The van der Waals surface area contributed by atoms with E-state index in [1.807, 2.05) is 6.08 Å². The molecule has 0 bridgehead atoms. The van der Waals surface area contributed by atoms with Crippen molar-refractivity contribution in [3.8, 4) is 0 Å². The number of hydrogen-bond acceptors (Lipinski definition) is 1. The summed E-state index contributed by atoms with van der Waals surface area (Å²) in [5.41, 5.74) is 2.72. The molecule has 0 aliphatic rings. The molecule has 16 heavy (non-hydrogen) atoms. The third-order valence-electron chi connectivity index (χ3n) is 2.79. The zero-order valence-electron chi connectivity index (χ0n) is 10.1. The predicted molar refractivity (Wildman–Crippen MR) is 74.7 cm³/mol. The van der Waals surface area contributed by atoms with Gasteiger partial charge in [0, 0.05) is 10.5 Å². The minimum atomic E-state index is 0.431. The molecule has 0 aliphatic heterocycles. The quantitative estimate of drug-likeness (QED) is 0.764. The van der Waals surface area contributed by atoms with Crippen LogP contribution in [0.15, 0.2) is 35.3 Å². The van der Waals surface area contributed by atoms with Crippen LogP contribution in [0.1, 0.15) is 36.9 Å². The fourth-order valence-corrected chi connectivity index (χ4v) is 2.28. The number of benzene rings is 1. The Kier molecular flexibility index (Phi) is 5.78. The third kappa shape index (κ3) is 3.46. The van der Waals surface area contributed by atoms with E-state index in [2.05, 4.69) is 59.9 Å². The molecule has 0 aromatic heterocycles. The van der Waals surface area contributed by atoms with Crippen molar-refractivity contribution in [1.82, 2.24) is 5.32 Å². The van der Waals surface area contributed by atoms with Crippen molar-refractivity contribution in [3.05, 3.63) is 46.5 Å². The number of allylic oxidation sites excluding steroid dienone is 1. The monoisotopic (exact) mass is 281 g/mol. The van der Waals surface area contributed by atoms with Crippen molar-refractivity contribution >= 4 is 15.9 Å². The standard InChI is InChI=1S/C14H20BrN/c1-4-6-10-14(16-5-2)12-8-7-9-13(15)11(12)3/h4,7-9,14,16H,1,5-6,10H2,2-3H3. The zero-order valence-corrected chi connectivity index (χ0v) is 11.7. The summed E-state index contributed by atoms with van der Waals surface area (Å²) in [6, 6.07) is 6.83. The van der Waals surface area contributed by atoms with E-state index in [1.165, 1.54) is 15.6 Å². The van der Waals surface area contributed by atoms with Crippen LogP contribution in [0.5, 0.6) is 0 Å². The molecule has 0 amide bonds. The summed E-state index contributed by atoms with van der Waals surface area (Å²) in [5.74, 6) is 0. The molecule has 0 saturated carbocycles. The first-order chi connectivity index (χ1) is 7.70. The minimum absolute atomic E-state index is 0.431.